The Bertz CT molecular complexity index is 315. The summed E-state index contributed by atoms with van der Waals surface area (Å²) >= 11 is 0. The van der Waals surface area contributed by atoms with Crippen molar-refractivity contribution in [3.8, 4) is 0 Å². The Hall–Kier alpha value is -0.790. The zero-order valence-corrected chi connectivity index (χ0v) is 11.5. The molecule has 1 N–H and O–H groups in total. The number of hydrazone groups is 1. The molecule has 1 aliphatic carbocycles. The molecule has 1 fully saturated rings. The highest BCUT2D eigenvalue weighted by molar-refractivity contribution is 5.66. The van der Waals surface area contributed by atoms with E-state index in [4.69, 9.17) is 0 Å². The lowest BCUT2D eigenvalue weighted by molar-refractivity contribution is 0.306. The van der Waals surface area contributed by atoms with Gasteiger partial charge in [-0.15, -0.1) is 0 Å². The molecule has 2 unspecified atom stereocenters. The van der Waals surface area contributed by atoms with Crippen molar-refractivity contribution in [2.24, 2.45) is 22.9 Å². The molecule has 17 heavy (non-hydrogen) atoms. The fourth-order valence-electron chi connectivity index (χ4n) is 3.23. The zero-order chi connectivity index (χ0) is 12.3. The number of nitrogens with zero attached hydrogens (tertiary/aromatic N) is 1. The van der Waals surface area contributed by atoms with E-state index >= 15 is 0 Å². The highest BCUT2D eigenvalue weighted by Crippen LogP contribution is 2.35. The van der Waals surface area contributed by atoms with E-state index in [1.54, 1.807) is 5.57 Å². The van der Waals surface area contributed by atoms with Gasteiger partial charge >= 0.3 is 0 Å². The normalized spacial score (nSPS) is 29.6. The van der Waals surface area contributed by atoms with Crippen LogP contribution in [0.2, 0.25) is 0 Å². The van der Waals surface area contributed by atoms with Crippen LogP contribution in [0.5, 0.6) is 0 Å². The maximum atomic E-state index is 4.31. The fourth-order valence-corrected chi connectivity index (χ4v) is 3.23. The molecule has 2 rings (SSSR count). The smallest absolute Gasteiger partial charge is 0.0331 e. The highest BCUT2D eigenvalue weighted by atomic mass is 15.3. The van der Waals surface area contributed by atoms with Crippen molar-refractivity contribution >= 4 is 6.21 Å². The van der Waals surface area contributed by atoms with Crippen LogP contribution in [0.15, 0.2) is 16.4 Å². The van der Waals surface area contributed by atoms with Crippen LogP contribution >= 0.6 is 0 Å². The molecule has 0 radical (unpaired) electrons. The van der Waals surface area contributed by atoms with Crippen LogP contribution in [0.4, 0.5) is 0 Å². The summed E-state index contributed by atoms with van der Waals surface area (Å²) in [4.78, 5) is 0. The largest absolute Gasteiger partial charge is 0.283 e. The summed E-state index contributed by atoms with van der Waals surface area (Å²) in [7, 11) is 0. The van der Waals surface area contributed by atoms with Crippen molar-refractivity contribution in [3.05, 3.63) is 11.3 Å². The second-order valence-corrected chi connectivity index (χ2v) is 5.83. The van der Waals surface area contributed by atoms with E-state index in [2.05, 4.69) is 37.5 Å². The van der Waals surface area contributed by atoms with Gasteiger partial charge in [0.2, 0.25) is 0 Å². The van der Waals surface area contributed by atoms with Crippen molar-refractivity contribution in [1.29, 1.82) is 0 Å². The Morgan fingerprint density at radius 2 is 2.18 bits per heavy atom. The summed E-state index contributed by atoms with van der Waals surface area (Å²) in [6.45, 7) is 6.98. The number of rotatable bonds is 2. The van der Waals surface area contributed by atoms with Crippen molar-refractivity contribution in [2.75, 3.05) is 0 Å². The number of allylic oxidation sites excluding steroid dienone is 2. The van der Waals surface area contributed by atoms with E-state index in [0.717, 1.165) is 18.3 Å². The predicted molar refractivity (Wildman–Crippen MR) is 73.8 cm³/mol. The average molecular weight is 234 g/mol. The van der Waals surface area contributed by atoms with Gasteiger partial charge in [0.25, 0.3) is 0 Å². The van der Waals surface area contributed by atoms with Crippen LogP contribution in [0.3, 0.4) is 0 Å². The lowest BCUT2D eigenvalue weighted by Gasteiger charge is -2.30. The second kappa shape index (κ2) is 5.70. The molecule has 96 valence electrons. The Morgan fingerprint density at radius 1 is 1.35 bits per heavy atom. The Labute approximate surface area is 106 Å². The average Bonchev–Trinajstić information content (AvgIpc) is 2.29. The minimum atomic E-state index is 0.624. The first kappa shape index (κ1) is 12.7. The first-order chi connectivity index (χ1) is 8.22. The first-order valence-electron chi connectivity index (χ1n) is 7.23. The summed E-state index contributed by atoms with van der Waals surface area (Å²) < 4.78 is 0. The van der Waals surface area contributed by atoms with Crippen LogP contribution in [0.1, 0.15) is 59.3 Å². The summed E-state index contributed by atoms with van der Waals surface area (Å²) in [6.07, 6.45) is 9.93. The van der Waals surface area contributed by atoms with Crippen LogP contribution in [-0.2, 0) is 0 Å². The van der Waals surface area contributed by atoms with Gasteiger partial charge in [-0.3, -0.25) is 5.43 Å². The van der Waals surface area contributed by atoms with E-state index in [1.807, 2.05) is 0 Å². The minimum absolute atomic E-state index is 0.624. The molecule has 2 aliphatic rings. The third kappa shape index (κ3) is 2.91. The van der Waals surface area contributed by atoms with E-state index in [1.165, 1.54) is 37.8 Å². The third-order valence-electron chi connectivity index (χ3n) is 4.46. The van der Waals surface area contributed by atoms with Crippen LogP contribution in [-0.4, -0.2) is 6.21 Å². The molecular weight excluding hydrogens is 208 g/mol. The molecule has 0 amide bonds. The van der Waals surface area contributed by atoms with Crippen molar-refractivity contribution < 1.29 is 0 Å². The second-order valence-electron chi connectivity index (χ2n) is 5.83. The van der Waals surface area contributed by atoms with Gasteiger partial charge in [0.05, 0.1) is 0 Å². The van der Waals surface area contributed by atoms with E-state index in [0.29, 0.717) is 5.92 Å². The SMILES string of the molecule is CCC1=C2CCC(C(C)C)CCCC2C=NN1. The minimum Gasteiger partial charge on any atom is -0.283 e. The molecule has 1 saturated carbocycles. The number of hydrogen-bond acceptors (Lipinski definition) is 2. The lowest BCUT2D eigenvalue weighted by Crippen LogP contribution is -2.24. The van der Waals surface area contributed by atoms with Gasteiger partial charge in [-0.05, 0) is 43.1 Å². The summed E-state index contributed by atoms with van der Waals surface area (Å²) in [5.41, 5.74) is 6.25. The quantitative estimate of drug-likeness (QED) is 0.764. The van der Waals surface area contributed by atoms with Gasteiger partial charge in [0, 0.05) is 17.8 Å². The van der Waals surface area contributed by atoms with Crippen molar-refractivity contribution in [2.45, 2.75) is 59.3 Å². The van der Waals surface area contributed by atoms with E-state index in [-0.39, 0.29) is 0 Å². The Morgan fingerprint density at radius 3 is 2.88 bits per heavy atom. The molecule has 2 heteroatoms. The number of fused-ring (bicyclic) bond motifs is 1. The summed E-state index contributed by atoms with van der Waals surface area (Å²) in [5, 5.41) is 4.31. The molecule has 1 aliphatic heterocycles. The molecule has 0 bridgehead atoms. The number of nitrogens with one attached hydrogen (secondary N) is 1. The molecule has 0 spiro atoms. The van der Waals surface area contributed by atoms with Crippen LogP contribution in [0.25, 0.3) is 0 Å². The maximum absolute atomic E-state index is 4.31. The highest BCUT2D eigenvalue weighted by Gasteiger charge is 2.24. The van der Waals surface area contributed by atoms with E-state index in [9.17, 15) is 0 Å². The summed E-state index contributed by atoms with van der Waals surface area (Å²) in [5.74, 6) is 2.38. The maximum Gasteiger partial charge on any atom is 0.0331 e. The summed E-state index contributed by atoms with van der Waals surface area (Å²) in [6, 6.07) is 0. The van der Waals surface area contributed by atoms with Gasteiger partial charge < -0.3 is 0 Å². The van der Waals surface area contributed by atoms with Gasteiger partial charge in [-0.25, -0.2) is 0 Å². The molecule has 0 aromatic rings. The molecular formula is C15H26N2. The monoisotopic (exact) mass is 234 g/mol. The molecule has 0 saturated heterocycles. The molecule has 0 aromatic carbocycles. The fraction of sp³-hybridized carbons (Fsp3) is 0.800. The van der Waals surface area contributed by atoms with Crippen molar-refractivity contribution in [1.82, 2.24) is 5.43 Å². The van der Waals surface area contributed by atoms with E-state index < -0.39 is 0 Å². The van der Waals surface area contributed by atoms with Gasteiger partial charge in [0.1, 0.15) is 0 Å². The molecule has 2 atom stereocenters. The predicted octanol–water partition coefficient (Wildman–Crippen LogP) is 4.09. The van der Waals surface area contributed by atoms with Gasteiger partial charge in [-0.2, -0.15) is 5.10 Å². The van der Waals surface area contributed by atoms with Gasteiger partial charge in [0.15, 0.2) is 0 Å². The van der Waals surface area contributed by atoms with Crippen molar-refractivity contribution in [3.63, 3.8) is 0 Å². The topological polar surface area (TPSA) is 24.4 Å². The Kier molecular flexibility index (Phi) is 4.25. The van der Waals surface area contributed by atoms with Gasteiger partial charge in [-0.1, -0.05) is 33.6 Å². The molecule has 2 nitrogen and oxygen atoms in total. The third-order valence-corrected chi connectivity index (χ3v) is 4.46. The van der Waals surface area contributed by atoms with Crippen LogP contribution < -0.4 is 5.43 Å². The Balaban J connectivity index is 2.11. The zero-order valence-electron chi connectivity index (χ0n) is 11.5. The van der Waals surface area contributed by atoms with Crippen LogP contribution in [0, 0.1) is 17.8 Å². The molecule has 1 heterocycles. The first-order valence-corrected chi connectivity index (χ1v) is 7.23. The lowest BCUT2D eigenvalue weighted by atomic mass is 9.78. The molecule has 0 aromatic heterocycles. The standard InChI is InChI=1S/C15H26N2/c1-4-15-14-9-8-12(11(2)3)6-5-7-13(14)10-16-17-15/h10-13,17H,4-9H2,1-3H3. The number of hydrogen-bond donors (Lipinski definition) is 1.